The fourth-order valence-electron chi connectivity index (χ4n) is 2.65. The number of para-hydroxylation sites is 2. The van der Waals surface area contributed by atoms with Crippen molar-refractivity contribution < 1.29 is 13.2 Å². The van der Waals surface area contributed by atoms with Crippen molar-refractivity contribution in [1.82, 2.24) is 0 Å². The summed E-state index contributed by atoms with van der Waals surface area (Å²) in [4.78, 5) is 12.3. The zero-order chi connectivity index (χ0) is 20.9. The summed E-state index contributed by atoms with van der Waals surface area (Å²) in [5.74, 6) is -0.323. The van der Waals surface area contributed by atoms with Gasteiger partial charge in [0, 0.05) is 12.7 Å². The maximum atomic E-state index is 12.9. The molecule has 3 rings (SSSR count). The molecule has 0 heterocycles. The Kier molecular flexibility index (Phi) is 6.41. The van der Waals surface area contributed by atoms with Crippen LogP contribution in [0.1, 0.15) is 0 Å². The van der Waals surface area contributed by atoms with E-state index >= 15 is 0 Å². The first-order valence-electron chi connectivity index (χ1n) is 8.80. The highest BCUT2D eigenvalue weighted by Gasteiger charge is 2.21. The van der Waals surface area contributed by atoms with E-state index in [1.165, 1.54) is 23.5 Å². The van der Waals surface area contributed by atoms with Crippen molar-refractivity contribution in [2.45, 2.75) is 4.90 Å². The molecule has 0 bridgehead atoms. The highest BCUT2D eigenvalue weighted by molar-refractivity contribution is 7.92. The van der Waals surface area contributed by atoms with Crippen LogP contribution in [0.4, 0.5) is 17.1 Å². The summed E-state index contributed by atoms with van der Waals surface area (Å²) in [6.07, 6.45) is 0. The molecular formula is C21H20ClN3O3S. The van der Waals surface area contributed by atoms with Gasteiger partial charge in [-0.2, -0.15) is 0 Å². The molecule has 0 unspecified atom stereocenters. The molecule has 0 saturated heterocycles. The minimum atomic E-state index is -3.76. The van der Waals surface area contributed by atoms with E-state index in [9.17, 15) is 13.2 Å². The molecule has 150 valence electrons. The Morgan fingerprint density at radius 1 is 0.966 bits per heavy atom. The van der Waals surface area contributed by atoms with E-state index in [-0.39, 0.29) is 17.3 Å². The Morgan fingerprint density at radius 3 is 2.38 bits per heavy atom. The first-order chi connectivity index (χ1) is 13.9. The largest absolute Gasteiger partial charge is 0.375 e. The van der Waals surface area contributed by atoms with Gasteiger partial charge in [0.2, 0.25) is 5.91 Å². The van der Waals surface area contributed by atoms with Gasteiger partial charge in [0.1, 0.15) is 0 Å². The SMILES string of the molecule is CN(c1ccccc1)S(=O)(=O)c1cccc(NC(=O)CNc2ccccc2Cl)c1. The van der Waals surface area contributed by atoms with Crippen molar-refractivity contribution in [3.63, 3.8) is 0 Å². The van der Waals surface area contributed by atoms with Gasteiger partial charge in [-0.05, 0) is 42.5 Å². The Bertz CT molecular complexity index is 1100. The van der Waals surface area contributed by atoms with Crippen LogP contribution in [0.25, 0.3) is 0 Å². The maximum Gasteiger partial charge on any atom is 0.264 e. The Labute approximate surface area is 175 Å². The van der Waals surface area contributed by atoms with Gasteiger partial charge in [-0.1, -0.05) is 48.0 Å². The summed E-state index contributed by atoms with van der Waals surface area (Å²) in [7, 11) is -2.27. The summed E-state index contributed by atoms with van der Waals surface area (Å²) in [5, 5.41) is 6.15. The molecule has 2 N–H and O–H groups in total. The normalized spacial score (nSPS) is 11.0. The van der Waals surface area contributed by atoms with E-state index in [1.54, 1.807) is 54.6 Å². The van der Waals surface area contributed by atoms with Gasteiger partial charge in [-0.15, -0.1) is 0 Å². The van der Waals surface area contributed by atoms with Crippen LogP contribution < -0.4 is 14.9 Å². The van der Waals surface area contributed by atoms with Crippen LogP contribution in [0.3, 0.4) is 0 Å². The number of carbonyl (C=O) groups is 1. The molecule has 0 aliphatic rings. The second kappa shape index (κ2) is 8.98. The van der Waals surface area contributed by atoms with Crippen LogP contribution in [0.2, 0.25) is 5.02 Å². The predicted molar refractivity (Wildman–Crippen MR) is 117 cm³/mol. The predicted octanol–water partition coefficient (Wildman–Crippen LogP) is 4.22. The van der Waals surface area contributed by atoms with Gasteiger partial charge < -0.3 is 10.6 Å². The van der Waals surface area contributed by atoms with E-state index in [4.69, 9.17) is 11.6 Å². The highest BCUT2D eigenvalue weighted by Crippen LogP contribution is 2.24. The summed E-state index contributed by atoms with van der Waals surface area (Å²) >= 11 is 6.05. The molecule has 3 aromatic carbocycles. The molecule has 0 aliphatic heterocycles. The number of amides is 1. The monoisotopic (exact) mass is 429 g/mol. The van der Waals surface area contributed by atoms with Crippen molar-refractivity contribution in [3.8, 4) is 0 Å². The number of benzene rings is 3. The van der Waals surface area contributed by atoms with Crippen molar-refractivity contribution >= 4 is 44.6 Å². The van der Waals surface area contributed by atoms with Gasteiger partial charge in [0.15, 0.2) is 0 Å². The van der Waals surface area contributed by atoms with Crippen LogP contribution in [-0.4, -0.2) is 27.9 Å². The molecule has 1 amide bonds. The zero-order valence-corrected chi connectivity index (χ0v) is 17.2. The quantitative estimate of drug-likeness (QED) is 0.589. The lowest BCUT2D eigenvalue weighted by Gasteiger charge is -2.20. The summed E-state index contributed by atoms with van der Waals surface area (Å²) in [5.41, 5.74) is 1.58. The Morgan fingerprint density at radius 2 is 1.66 bits per heavy atom. The van der Waals surface area contributed by atoms with E-state index in [2.05, 4.69) is 10.6 Å². The van der Waals surface area contributed by atoms with Gasteiger partial charge >= 0.3 is 0 Å². The van der Waals surface area contributed by atoms with Crippen LogP contribution in [0.5, 0.6) is 0 Å². The molecule has 3 aromatic rings. The Hall–Kier alpha value is -3.03. The molecule has 0 atom stereocenters. The second-order valence-corrected chi connectivity index (χ2v) is 8.59. The van der Waals surface area contributed by atoms with Gasteiger partial charge in [0.25, 0.3) is 10.0 Å². The minimum Gasteiger partial charge on any atom is -0.375 e. The molecule has 0 spiro atoms. The van der Waals surface area contributed by atoms with Crippen LogP contribution in [0.15, 0.2) is 83.8 Å². The lowest BCUT2D eigenvalue weighted by Crippen LogP contribution is -2.27. The third-order valence-corrected chi connectivity index (χ3v) is 6.32. The van der Waals surface area contributed by atoms with E-state index in [0.29, 0.717) is 22.1 Å². The molecule has 29 heavy (non-hydrogen) atoms. The minimum absolute atomic E-state index is 0.00930. The first kappa shape index (κ1) is 20.7. The molecule has 8 heteroatoms. The van der Waals surface area contributed by atoms with Crippen molar-refractivity contribution in [3.05, 3.63) is 83.9 Å². The fraction of sp³-hybridized carbons (Fsp3) is 0.0952. The van der Waals surface area contributed by atoms with Crippen LogP contribution in [0, 0.1) is 0 Å². The lowest BCUT2D eigenvalue weighted by molar-refractivity contribution is -0.114. The molecule has 0 fully saturated rings. The number of hydrogen-bond acceptors (Lipinski definition) is 4. The number of sulfonamides is 1. The van der Waals surface area contributed by atoms with E-state index < -0.39 is 10.0 Å². The number of halogens is 1. The van der Waals surface area contributed by atoms with Gasteiger partial charge in [0.05, 0.1) is 27.8 Å². The maximum absolute atomic E-state index is 12.9. The fourth-order valence-corrected chi connectivity index (χ4v) is 4.10. The lowest BCUT2D eigenvalue weighted by atomic mass is 10.3. The molecule has 0 saturated carbocycles. The van der Waals surface area contributed by atoms with Crippen molar-refractivity contribution in [2.75, 3.05) is 28.5 Å². The van der Waals surface area contributed by atoms with Crippen LogP contribution in [-0.2, 0) is 14.8 Å². The zero-order valence-electron chi connectivity index (χ0n) is 15.7. The van der Waals surface area contributed by atoms with Gasteiger partial charge in [-0.25, -0.2) is 8.42 Å². The molecule has 0 radical (unpaired) electrons. The first-order valence-corrected chi connectivity index (χ1v) is 10.6. The molecular weight excluding hydrogens is 410 g/mol. The third kappa shape index (κ3) is 5.07. The van der Waals surface area contributed by atoms with Crippen molar-refractivity contribution in [2.24, 2.45) is 0 Å². The summed E-state index contributed by atoms with van der Waals surface area (Å²) in [6.45, 7) is -0.00930. The number of hydrogen-bond donors (Lipinski definition) is 2. The topological polar surface area (TPSA) is 78.5 Å². The van der Waals surface area contributed by atoms with E-state index in [0.717, 1.165) is 0 Å². The molecule has 6 nitrogen and oxygen atoms in total. The standard InChI is InChI=1S/C21H20ClN3O3S/c1-25(17-9-3-2-4-10-17)29(27,28)18-11-7-8-16(14-18)24-21(26)15-23-20-13-6-5-12-19(20)22/h2-14,23H,15H2,1H3,(H,24,26). The van der Waals surface area contributed by atoms with Crippen molar-refractivity contribution in [1.29, 1.82) is 0 Å². The number of nitrogens with one attached hydrogen (secondary N) is 2. The van der Waals surface area contributed by atoms with E-state index in [1.807, 2.05) is 12.1 Å². The molecule has 0 aliphatic carbocycles. The summed E-state index contributed by atoms with van der Waals surface area (Å²) in [6, 6.07) is 22.0. The number of carbonyl (C=O) groups excluding carboxylic acids is 1. The molecule has 0 aromatic heterocycles. The number of nitrogens with zero attached hydrogens (tertiary/aromatic N) is 1. The Balaban J connectivity index is 1.70. The second-order valence-electron chi connectivity index (χ2n) is 6.22. The smallest absolute Gasteiger partial charge is 0.264 e. The number of rotatable bonds is 7. The highest BCUT2D eigenvalue weighted by atomic mass is 35.5. The van der Waals surface area contributed by atoms with Crippen LogP contribution >= 0.6 is 11.6 Å². The average Bonchev–Trinajstić information content (AvgIpc) is 2.73. The van der Waals surface area contributed by atoms with Gasteiger partial charge in [-0.3, -0.25) is 9.10 Å². The third-order valence-electron chi connectivity index (χ3n) is 4.21. The summed E-state index contributed by atoms with van der Waals surface area (Å²) < 4.78 is 27.0. The average molecular weight is 430 g/mol. The number of anilines is 3.